The van der Waals surface area contributed by atoms with Crippen molar-refractivity contribution in [2.24, 2.45) is 0 Å². The third-order valence-corrected chi connectivity index (χ3v) is 7.23. The van der Waals surface area contributed by atoms with Crippen LogP contribution in [-0.4, -0.2) is 41.3 Å². The van der Waals surface area contributed by atoms with E-state index in [1.54, 1.807) is 0 Å². The molecule has 1 atom stereocenters. The van der Waals surface area contributed by atoms with E-state index >= 15 is 0 Å². The Bertz CT molecular complexity index is 1030. The highest BCUT2D eigenvalue weighted by atomic mass is 16.5. The van der Waals surface area contributed by atoms with Gasteiger partial charge in [0.05, 0.1) is 0 Å². The molecule has 0 saturated heterocycles. The summed E-state index contributed by atoms with van der Waals surface area (Å²) in [4.78, 5) is 37.3. The van der Waals surface area contributed by atoms with Crippen LogP contribution >= 0.6 is 0 Å². The van der Waals surface area contributed by atoms with Crippen molar-refractivity contribution in [2.45, 2.75) is 75.8 Å². The van der Waals surface area contributed by atoms with Gasteiger partial charge in [-0.25, -0.2) is 9.59 Å². The van der Waals surface area contributed by atoms with Crippen LogP contribution in [0.3, 0.4) is 0 Å². The Kier molecular flexibility index (Phi) is 7.73. The van der Waals surface area contributed by atoms with Crippen molar-refractivity contribution >= 4 is 18.0 Å². The van der Waals surface area contributed by atoms with Gasteiger partial charge in [-0.3, -0.25) is 4.79 Å². The van der Waals surface area contributed by atoms with E-state index in [1.807, 2.05) is 31.2 Å². The van der Waals surface area contributed by atoms with Crippen LogP contribution in [0.5, 0.6) is 0 Å². The number of ether oxygens (including phenoxy) is 1. The number of nitrogens with one attached hydrogen (secondary N) is 2. The number of hydrogen-bond acceptors (Lipinski definition) is 4. The minimum Gasteiger partial charge on any atom is -0.480 e. The topological polar surface area (TPSA) is 105 Å². The van der Waals surface area contributed by atoms with Crippen LogP contribution in [0.1, 0.15) is 75.3 Å². The average molecular weight is 479 g/mol. The van der Waals surface area contributed by atoms with Crippen molar-refractivity contribution in [3.05, 3.63) is 59.7 Å². The van der Waals surface area contributed by atoms with E-state index in [0.29, 0.717) is 19.3 Å². The molecule has 7 heteroatoms. The van der Waals surface area contributed by atoms with E-state index in [0.717, 1.165) is 47.9 Å². The molecule has 0 spiro atoms. The maximum atomic E-state index is 12.8. The molecule has 2 aliphatic rings. The van der Waals surface area contributed by atoms with Gasteiger partial charge in [0, 0.05) is 18.4 Å². The Balaban J connectivity index is 1.35. The van der Waals surface area contributed by atoms with Crippen LogP contribution in [0.2, 0.25) is 0 Å². The van der Waals surface area contributed by atoms with Gasteiger partial charge in [0.15, 0.2) is 0 Å². The molecule has 3 N–H and O–H groups in total. The molecule has 0 bridgehead atoms. The highest BCUT2D eigenvalue weighted by Crippen LogP contribution is 2.44. The number of carboxylic acids is 1. The molecule has 2 amide bonds. The number of alkyl carbamates (subject to hydrolysis) is 1. The van der Waals surface area contributed by atoms with Gasteiger partial charge in [0.25, 0.3) is 0 Å². The van der Waals surface area contributed by atoms with Gasteiger partial charge in [-0.1, -0.05) is 81.1 Å². The summed E-state index contributed by atoms with van der Waals surface area (Å²) in [6.07, 6.45) is 4.23. The predicted molar refractivity (Wildman–Crippen MR) is 133 cm³/mol. The first-order valence-electron chi connectivity index (χ1n) is 12.6. The van der Waals surface area contributed by atoms with Gasteiger partial charge in [-0.05, 0) is 41.5 Å². The highest BCUT2D eigenvalue weighted by Gasteiger charge is 2.41. The smallest absolute Gasteiger partial charge is 0.407 e. The van der Waals surface area contributed by atoms with E-state index in [9.17, 15) is 19.5 Å². The van der Waals surface area contributed by atoms with Crippen molar-refractivity contribution in [3.8, 4) is 11.1 Å². The van der Waals surface area contributed by atoms with Crippen molar-refractivity contribution in [3.63, 3.8) is 0 Å². The fraction of sp³-hybridized carbons (Fsp3) is 0.464. The van der Waals surface area contributed by atoms with Crippen LogP contribution in [0.15, 0.2) is 48.5 Å². The molecule has 0 aliphatic heterocycles. The van der Waals surface area contributed by atoms with E-state index in [-0.39, 0.29) is 24.9 Å². The maximum Gasteiger partial charge on any atom is 0.407 e. The Morgan fingerprint density at radius 1 is 1.00 bits per heavy atom. The lowest BCUT2D eigenvalue weighted by Gasteiger charge is -2.34. The lowest BCUT2D eigenvalue weighted by atomic mass is 9.81. The monoisotopic (exact) mass is 478 g/mol. The molecule has 0 unspecified atom stereocenters. The predicted octanol–water partition coefficient (Wildman–Crippen LogP) is 4.99. The lowest BCUT2D eigenvalue weighted by Crippen LogP contribution is -2.56. The number of rotatable bonds is 9. The minimum atomic E-state index is -1.20. The molecule has 186 valence electrons. The molecular weight excluding hydrogens is 444 g/mol. The van der Waals surface area contributed by atoms with E-state index in [2.05, 4.69) is 34.9 Å². The second kappa shape index (κ2) is 10.9. The Labute approximate surface area is 206 Å². The van der Waals surface area contributed by atoms with Crippen LogP contribution in [0.4, 0.5) is 4.79 Å². The van der Waals surface area contributed by atoms with E-state index < -0.39 is 23.6 Å². The molecule has 1 fully saturated rings. The third kappa shape index (κ3) is 5.50. The molecule has 2 aliphatic carbocycles. The first-order valence-corrected chi connectivity index (χ1v) is 12.6. The van der Waals surface area contributed by atoms with Crippen molar-refractivity contribution in [1.29, 1.82) is 0 Å². The summed E-state index contributed by atoms with van der Waals surface area (Å²) in [6, 6.07) is 15.9. The quantitative estimate of drug-likeness (QED) is 0.471. The molecule has 2 aromatic carbocycles. The summed E-state index contributed by atoms with van der Waals surface area (Å²) < 4.78 is 5.63. The molecule has 0 radical (unpaired) electrons. The third-order valence-electron chi connectivity index (χ3n) is 7.23. The van der Waals surface area contributed by atoms with Crippen LogP contribution < -0.4 is 10.6 Å². The zero-order valence-electron chi connectivity index (χ0n) is 20.2. The molecule has 7 nitrogen and oxygen atoms in total. The lowest BCUT2D eigenvalue weighted by molar-refractivity contribution is -0.149. The standard InChI is InChI=1S/C28H34N2O5/c1-2-10-19(17-25(31)30-28(26(32)33)15-8-3-9-16-28)29-27(34)35-18-24-22-13-6-4-11-20(22)21-12-5-7-14-23(21)24/h4-7,11-14,19,24H,2-3,8-10,15-18H2,1H3,(H,29,34)(H,30,31)(H,32,33)/t19-/m1/s1. The molecule has 4 rings (SSSR count). The van der Waals surface area contributed by atoms with Gasteiger partial charge in [-0.15, -0.1) is 0 Å². The number of aliphatic carboxylic acids is 1. The van der Waals surface area contributed by atoms with Gasteiger partial charge < -0.3 is 20.5 Å². The first kappa shape index (κ1) is 24.8. The second-order valence-corrected chi connectivity index (χ2v) is 9.66. The fourth-order valence-electron chi connectivity index (χ4n) is 5.47. The summed E-state index contributed by atoms with van der Waals surface area (Å²) in [7, 11) is 0. The SMILES string of the molecule is CCC[C@H](CC(=O)NC1(C(=O)O)CCCCC1)NC(=O)OCC1c2ccccc2-c2ccccc21. The van der Waals surface area contributed by atoms with E-state index in [1.165, 1.54) is 0 Å². The van der Waals surface area contributed by atoms with Crippen LogP contribution in [0, 0.1) is 0 Å². The molecule has 1 saturated carbocycles. The minimum absolute atomic E-state index is 0.0209. The Morgan fingerprint density at radius 3 is 2.17 bits per heavy atom. The van der Waals surface area contributed by atoms with E-state index in [4.69, 9.17) is 4.74 Å². The van der Waals surface area contributed by atoms with Crippen LogP contribution in [-0.2, 0) is 14.3 Å². The summed E-state index contributed by atoms with van der Waals surface area (Å²) in [5.41, 5.74) is 3.39. The molecular formula is C28H34N2O5. The van der Waals surface area contributed by atoms with Crippen molar-refractivity contribution in [2.75, 3.05) is 6.61 Å². The molecule has 0 heterocycles. The van der Waals surface area contributed by atoms with Gasteiger partial charge >= 0.3 is 12.1 Å². The molecule has 0 aromatic heterocycles. The van der Waals surface area contributed by atoms with Gasteiger partial charge in [0.1, 0.15) is 12.1 Å². The summed E-state index contributed by atoms with van der Waals surface area (Å²) in [5, 5.41) is 15.3. The number of carboxylic acid groups (broad SMARTS) is 1. The summed E-state index contributed by atoms with van der Waals surface area (Å²) >= 11 is 0. The molecule has 2 aromatic rings. The summed E-state index contributed by atoms with van der Waals surface area (Å²) in [6.45, 7) is 2.18. The normalized spacial score (nSPS) is 17.1. The summed E-state index contributed by atoms with van der Waals surface area (Å²) in [5.74, 6) is -1.38. The second-order valence-electron chi connectivity index (χ2n) is 9.66. The fourth-order valence-corrected chi connectivity index (χ4v) is 5.47. The van der Waals surface area contributed by atoms with Crippen molar-refractivity contribution < 1.29 is 24.2 Å². The maximum absolute atomic E-state index is 12.8. The number of fused-ring (bicyclic) bond motifs is 3. The number of carbonyl (C=O) groups excluding carboxylic acids is 2. The largest absolute Gasteiger partial charge is 0.480 e. The zero-order valence-corrected chi connectivity index (χ0v) is 20.2. The Morgan fingerprint density at radius 2 is 1.60 bits per heavy atom. The highest BCUT2D eigenvalue weighted by molar-refractivity contribution is 5.87. The molecule has 35 heavy (non-hydrogen) atoms. The number of hydrogen-bond donors (Lipinski definition) is 3. The average Bonchev–Trinajstić information content (AvgIpc) is 3.17. The Hall–Kier alpha value is -3.35. The zero-order chi connectivity index (χ0) is 24.8. The number of benzene rings is 2. The van der Waals surface area contributed by atoms with Gasteiger partial charge in [0.2, 0.25) is 5.91 Å². The van der Waals surface area contributed by atoms with Crippen LogP contribution in [0.25, 0.3) is 11.1 Å². The first-order chi connectivity index (χ1) is 16.9. The van der Waals surface area contributed by atoms with Crippen molar-refractivity contribution in [1.82, 2.24) is 10.6 Å². The number of carbonyl (C=O) groups is 3. The number of amides is 2. The van der Waals surface area contributed by atoms with Gasteiger partial charge in [-0.2, -0.15) is 0 Å².